The van der Waals surface area contributed by atoms with Crippen LogP contribution in [0.3, 0.4) is 0 Å². The first-order chi connectivity index (χ1) is 17.2. The highest BCUT2D eigenvalue weighted by atomic mass is 32.2. The number of nitrogens with one attached hydrogen (secondary N) is 2. The lowest BCUT2D eigenvalue weighted by atomic mass is 10.1. The Labute approximate surface area is 215 Å². The lowest BCUT2D eigenvalue weighted by molar-refractivity contribution is -0.138. The first-order valence-electron chi connectivity index (χ1n) is 9.64. The van der Waals surface area contributed by atoms with Crippen molar-refractivity contribution >= 4 is 58.0 Å². The van der Waals surface area contributed by atoms with Gasteiger partial charge in [0.25, 0.3) is 0 Å². The molecule has 0 fully saturated rings. The number of amides is 2. The van der Waals surface area contributed by atoms with Gasteiger partial charge in [-0.2, -0.15) is 26.3 Å². The molecule has 2 aromatic carbocycles. The number of halogens is 8. The molecule has 6 nitrogen and oxygen atoms in total. The number of hydrogen-bond donors (Lipinski definition) is 2. The molecule has 0 aliphatic rings. The van der Waals surface area contributed by atoms with E-state index in [1.807, 2.05) is 0 Å². The Balaban J connectivity index is 1.52. The van der Waals surface area contributed by atoms with E-state index in [0.717, 1.165) is 59.1 Å². The zero-order chi connectivity index (χ0) is 27.4. The van der Waals surface area contributed by atoms with Gasteiger partial charge in [0.05, 0.1) is 34.0 Å². The maximum absolute atomic E-state index is 13.2. The second-order valence-electron chi connectivity index (χ2n) is 6.88. The third kappa shape index (κ3) is 8.29. The third-order valence-corrected chi connectivity index (χ3v) is 7.35. The molecule has 0 unspecified atom stereocenters. The largest absolute Gasteiger partial charge is 0.418 e. The number of aromatic nitrogens is 2. The van der Waals surface area contributed by atoms with Crippen LogP contribution in [0.25, 0.3) is 0 Å². The Bertz CT molecular complexity index is 1200. The second-order valence-corrected chi connectivity index (χ2v) is 10.3. The van der Waals surface area contributed by atoms with Gasteiger partial charge >= 0.3 is 12.4 Å². The number of carbonyl (C=O) groups excluding carboxylic acids is 2. The molecule has 3 rings (SSSR count). The molecule has 0 spiro atoms. The maximum atomic E-state index is 13.2. The molecular weight excluding hydrogens is 576 g/mol. The highest BCUT2D eigenvalue weighted by molar-refractivity contribution is 8.03. The van der Waals surface area contributed by atoms with E-state index in [-0.39, 0.29) is 32.3 Å². The molecular formula is C20H12F8N4O2S3. The first-order valence-corrected chi connectivity index (χ1v) is 12.4. The minimum absolute atomic E-state index is 0.228. The van der Waals surface area contributed by atoms with Crippen LogP contribution in [-0.4, -0.2) is 33.5 Å². The molecule has 0 saturated heterocycles. The van der Waals surface area contributed by atoms with Crippen LogP contribution in [0.15, 0.2) is 45.1 Å². The predicted octanol–water partition coefficient (Wildman–Crippen LogP) is 6.32. The van der Waals surface area contributed by atoms with Crippen molar-refractivity contribution in [1.29, 1.82) is 0 Å². The molecule has 2 N–H and O–H groups in total. The Hall–Kier alpha value is -2.92. The van der Waals surface area contributed by atoms with Gasteiger partial charge in [-0.05, 0) is 36.4 Å². The molecule has 3 aromatic rings. The number of rotatable bonds is 8. The van der Waals surface area contributed by atoms with Gasteiger partial charge < -0.3 is 10.6 Å². The Morgan fingerprint density at radius 3 is 1.46 bits per heavy atom. The van der Waals surface area contributed by atoms with Crippen molar-refractivity contribution in [2.24, 2.45) is 0 Å². The van der Waals surface area contributed by atoms with Crippen LogP contribution >= 0.6 is 34.9 Å². The average Bonchev–Trinajstić information content (AvgIpc) is 3.25. The molecule has 0 saturated carbocycles. The molecule has 0 aliphatic heterocycles. The van der Waals surface area contributed by atoms with E-state index in [0.29, 0.717) is 0 Å². The summed E-state index contributed by atoms with van der Waals surface area (Å²) in [5, 5.41) is 11.6. The molecule has 1 heterocycles. The van der Waals surface area contributed by atoms with Crippen molar-refractivity contribution in [1.82, 2.24) is 10.2 Å². The summed E-state index contributed by atoms with van der Waals surface area (Å²) in [5.41, 5.74) is -3.92. The van der Waals surface area contributed by atoms with Crippen molar-refractivity contribution in [3.8, 4) is 0 Å². The summed E-state index contributed by atoms with van der Waals surface area (Å²) in [6, 6.07) is 3.62. The Kier molecular flexibility index (Phi) is 9.01. The summed E-state index contributed by atoms with van der Waals surface area (Å²) in [6.45, 7) is 0. The van der Waals surface area contributed by atoms with Gasteiger partial charge in [-0.1, -0.05) is 34.9 Å². The molecule has 0 bridgehead atoms. The van der Waals surface area contributed by atoms with E-state index in [1.54, 1.807) is 0 Å². The standard InChI is InChI=1S/C20H12F8N4O2S3/c21-9-1-3-13(11(5-9)19(23,24)25)29-15(33)7-35-17-31-32-18(37-17)36-8-16(34)30-14-4-2-10(22)6-12(14)20(26,27)28/h1-6H,7-8H2,(H,29,33)(H,30,34). The Morgan fingerprint density at radius 1 is 0.730 bits per heavy atom. The van der Waals surface area contributed by atoms with Crippen LogP contribution in [0.1, 0.15) is 11.1 Å². The molecule has 17 heteroatoms. The highest BCUT2D eigenvalue weighted by Crippen LogP contribution is 2.37. The van der Waals surface area contributed by atoms with Crippen LogP contribution < -0.4 is 10.6 Å². The van der Waals surface area contributed by atoms with Crippen molar-refractivity contribution in [3.05, 3.63) is 59.2 Å². The van der Waals surface area contributed by atoms with E-state index in [1.165, 1.54) is 0 Å². The number of nitrogens with zero attached hydrogens (tertiary/aromatic N) is 2. The topological polar surface area (TPSA) is 84.0 Å². The number of carbonyl (C=O) groups is 2. The lowest BCUT2D eigenvalue weighted by Crippen LogP contribution is -2.18. The molecule has 0 aliphatic carbocycles. The Morgan fingerprint density at radius 2 is 1.11 bits per heavy atom. The molecule has 37 heavy (non-hydrogen) atoms. The molecule has 0 radical (unpaired) electrons. The fourth-order valence-electron chi connectivity index (χ4n) is 2.66. The van der Waals surface area contributed by atoms with Crippen molar-refractivity contribution in [3.63, 3.8) is 0 Å². The molecule has 1 aromatic heterocycles. The number of thioether (sulfide) groups is 2. The molecule has 0 atom stereocenters. The van der Waals surface area contributed by atoms with Gasteiger partial charge in [0.1, 0.15) is 11.6 Å². The summed E-state index contributed by atoms with van der Waals surface area (Å²) in [7, 11) is 0. The second kappa shape index (κ2) is 11.6. The zero-order valence-corrected chi connectivity index (χ0v) is 20.3. The van der Waals surface area contributed by atoms with E-state index in [2.05, 4.69) is 20.8 Å². The average molecular weight is 589 g/mol. The van der Waals surface area contributed by atoms with E-state index in [4.69, 9.17) is 0 Å². The SMILES string of the molecule is O=C(CSc1nnc(SCC(=O)Nc2ccc(F)cc2C(F)(F)F)s1)Nc1ccc(F)cc1C(F)(F)F. The highest BCUT2D eigenvalue weighted by Gasteiger charge is 2.35. The minimum atomic E-state index is -4.89. The van der Waals surface area contributed by atoms with Crippen molar-refractivity contribution in [2.45, 2.75) is 21.0 Å². The monoisotopic (exact) mass is 588 g/mol. The normalized spacial score (nSPS) is 11.9. The molecule has 2 amide bonds. The van der Waals surface area contributed by atoms with Gasteiger partial charge in [-0.3, -0.25) is 9.59 Å². The minimum Gasteiger partial charge on any atom is -0.325 e. The van der Waals surface area contributed by atoms with Crippen LogP contribution in [0.4, 0.5) is 46.5 Å². The number of alkyl halides is 6. The molecule has 198 valence electrons. The first kappa shape index (κ1) is 28.6. The van der Waals surface area contributed by atoms with Gasteiger partial charge in [-0.15, -0.1) is 10.2 Å². The van der Waals surface area contributed by atoms with Gasteiger partial charge in [-0.25, -0.2) is 8.78 Å². The van der Waals surface area contributed by atoms with Gasteiger partial charge in [0.15, 0.2) is 8.68 Å². The fraction of sp³-hybridized carbons (Fsp3) is 0.200. The van der Waals surface area contributed by atoms with Gasteiger partial charge in [0, 0.05) is 0 Å². The lowest BCUT2D eigenvalue weighted by Gasteiger charge is -2.13. The summed E-state index contributed by atoms with van der Waals surface area (Å²) in [4.78, 5) is 24.1. The van der Waals surface area contributed by atoms with Crippen LogP contribution in [0.2, 0.25) is 0 Å². The number of hydrogen-bond acceptors (Lipinski definition) is 7. The third-order valence-electron chi connectivity index (χ3n) is 4.16. The summed E-state index contributed by atoms with van der Waals surface area (Å²) < 4.78 is 105. The quantitative estimate of drug-likeness (QED) is 0.237. The summed E-state index contributed by atoms with van der Waals surface area (Å²) in [6.07, 6.45) is -9.78. The van der Waals surface area contributed by atoms with Crippen molar-refractivity contribution < 1.29 is 44.7 Å². The van der Waals surface area contributed by atoms with Crippen LogP contribution in [-0.2, 0) is 21.9 Å². The number of benzene rings is 2. The van der Waals surface area contributed by atoms with Gasteiger partial charge in [0.2, 0.25) is 11.8 Å². The van der Waals surface area contributed by atoms with E-state index < -0.39 is 58.3 Å². The van der Waals surface area contributed by atoms with Crippen LogP contribution in [0.5, 0.6) is 0 Å². The summed E-state index contributed by atoms with van der Waals surface area (Å²) in [5.74, 6) is -4.62. The van der Waals surface area contributed by atoms with Crippen molar-refractivity contribution in [2.75, 3.05) is 22.1 Å². The fourth-order valence-corrected chi connectivity index (χ4v) is 5.28. The van der Waals surface area contributed by atoms with E-state index >= 15 is 0 Å². The van der Waals surface area contributed by atoms with E-state index in [9.17, 15) is 44.7 Å². The summed E-state index contributed by atoms with van der Waals surface area (Å²) >= 11 is 2.60. The zero-order valence-electron chi connectivity index (χ0n) is 17.8. The smallest absolute Gasteiger partial charge is 0.325 e. The van der Waals surface area contributed by atoms with Crippen LogP contribution in [0, 0.1) is 11.6 Å². The maximum Gasteiger partial charge on any atom is 0.418 e. The number of anilines is 2. The predicted molar refractivity (Wildman–Crippen MR) is 121 cm³/mol.